The van der Waals surface area contributed by atoms with E-state index in [1.54, 1.807) is 0 Å². The number of rotatable bonds is 1. The van der Waals surface area contributed by atoms with E-state index in [9.17, 15) is 31.1 Å². The van der Waals surface area contributed by atoms with Gasteiger partial charge in [0.2, 0.25) is 0 Å². The molecule has 0 aliphatic heterocycles. The fourth-order valence-corrected chi connectivity index (χ4v) is 1.52. The van der Waals surface area contributed by atoms with Crippen LogP contribution in [0.15, 0.2) is 18.2 Å². The molecule has 0 saturated carbocycles. The van der Waals surface area contributed by atoms with Gasteiger partial charge in [0.15, 0.2) is 5.78 Å². The Kier molecular flexibility index (Phi) is 3.95. The highest BCUT2D eigenvalue weighted by Gasteiger charge is 2.38. The molecular formula is C13H12F6O. The Hall–Kier alpha value is -1.53. The minimum absolute atomic E-state index is 0.000556. The van der Waals surface area contributed by atoms with E-state index in [0.29, 0.717) is 12.1 Å². The SMILES string of the molecule is CC(C)(C)C(=O)c1cc(C(F)(F)F)cc(C(F)(F)F)c1. The van der Waals surface area contributed by atoms with Crippen LogP contribution in [0.2, 0.25) is 0 Å². The van der Waals surface area contributed by atoms with Gasteiger partial charge in [0, 0.05) is 11.0 Å². The third-order valence-electron chi connectivity index (χ3n) is 2.53. The third kappa shape index (κ3) is 3.74. The van der Waals surface area contributed by atoms with Crippen LogP contribution >= 0.6 is 0 Å². The maximum absolute atomic E-state index is 12.6. The zero-order valence-corrected chi connectivity index (χ0v) is 10.9. The molecule has 20 heavy (non-hydrogen) atoms. The van der Waals surface area contributed by atoms with Crippen LogP contribution in [0.1, 0.15) is 42.3 Å². The zero-order chi connectivity index (χ0) is 15.9. The molecule has 7 heteroatoms. The first-order valence-electron chi connectivity index (χ1n) is 5.57. The van der Waals surface area contributed by atoms with Crippen molar-refractivity contribution in [1.82, 2.24) is 0 Å². The predicted molar refractivity (Wildman–Crippen MR) is 60.2 cm³/mol. The van der Waals surface area contributed by atoms with Gasteiger partial charge in [-0.05, 0) is 18.2 Å². The van der Waals surface area contributed by atoms with E-state index in [2.05, 4.69) is 0 Å². The minimum atomic E-state index is -4.95. The molecule has 0 spiro atoms. The molecule has 0 amide bonds. The summed E-state index contributed by atoms with van der Waals surface area (Å²) in [5.41, 5.74) is -4.65. The van der Waals surface area contributed by atoms with Gasteiger partial charge in [-0.15, -0.1) is 0 Å². The summed E-state index contributed by atoms with van der Waals surface area (Å²) in [6.45, 7) is 4.26. The smallest absolute Gasteiger partial charge is 0.294 e. The highest BCUT2D eigenvalue weighted by molar-refractivity contribution is 6.00. The molecule has 0 fully saturated rings. The molecule has 0 aromatic heterocycles. The van der Waals surface area contributed by atoms with Crippen molar-refractivity contribution in [3.63, 3.8) is 0 Å². The number of halogens is 6. The molecule has 0 unspecified atom stereocenters. The lowest BCUT2D eigenvalue weighted by Gasteiger charge is -2.19. The Balaban J connectivity index is 3.51. The average molecular weight is 298 g/mol. The van der Waals surface area contributed by atoms with Crippen molar-refractivity contribution in [2.75, 3.05) is 0 Å². The fraction of sp³-hybridized carbons (Fsp3) is 0.462. The first kappa shape index (κ1) is 16.5. The van der Waals surface area contributed by atoms with Gasteiger partial charge in [0.05, 0.1) is 11.1 Å². The van der Waals surface area contributed by atoms with E-state index < -0.39 is 40.2 Å². The molecule has 0 saturated heterocycles. The monoisotopic (exact) mass is 298 g/mol. The number of carbonyl (C=O) groups excluding carboxylic acids is 1. The van der Waals surface area contributed by atoms with Crippen LogP contribution in [-0.4, -0.2) is 5.78 Å². The lowest BCUT2D eigenvalue weighted by molar-refractivity contribution is -0.143. The summed E-state index contributed by atoms with van der Waals surface area (Å²) in [7, 11) is 0. The topological polar surface area (TPSA) is 17.1 Å². The Bertz CT molecular complexity index is 487. The largest absolute Gasteiger partial charge is 0.416 e. The number of hydrogen-bond donors (Lipinski definition) is 0. The van der Waals surface area contributed by atoms with Crippen LogP contribution in [0.5, 0.6) is 0 Å². The predicted octanol–water partition coefficient (Wildman–Crippen LogP) is 4.95. The van der Waals surface area contributed by atoms with Gasteiger partial charge in [0.1, 0.15) is 0 Å². The molecule has 1 rings (SSSR count). The summed E-state index contributed by atoms with van der Waals surface area (Å²) in [6.07, 6.45) is -9.90. The van der Waals surface area contributed by atoms with Crippen molar-refractivity contribution >= 4 is 5.78 Å². The van der Waals surface area contributed by atoms with Gasteiger partial charge in [0.25, 0.3) is 0 Å². The molecule has 1 aromatic rings. The van der Waals surface area contributed by atoms with Crippen molar-refractivity contribution < 1.29 is 31.1 Å². The second-order valence-corrected chi connectivity index (χ2v) is 5.37. The Morgan fingerprint density at radius 1 is 0.800 bits per heavy atom. The number of alkyl halides is 6. The first-order valence-corrected chi connectivity index (χ1v) is 5.57. The standard InChI is InChI=1S/C13H12F6O/c1-11(2,3)10(20)7-4-8(12(14,15)16)6-9(5-7)13(17,18)19/h4-6H,1-3H3. The van der Waals surface area contributed by atoms with E-state index in [1.165, 1.54) is 20.8 Å². The maximum Gasteiger partial charge on any atom is 0.416 e. The fourth-order valence-electron chi connectivity index (χ4n) is 1.52. The molecule has 1 aromatic carbocycles. The zero-order valence-electron chi connectivity index (χ0n) is 10.9. The van der Waals surface area contributed by atoms with Crippen molar-refractivity contribution in [3.8, 4) is 0 Å². The summed E-state index contributed by atoms with van der Waals surface area (Å²) in [4.78, 5) is 11.9. The van der Waals surface area contributed by atoms with E-state index in [1.807, 2.05) is 0 Å². The second kappa shape index (κ2) is 4.79. The average Bonchev–Trinajstić information content (AvgIpc) is 2.23. The number of Topliss-reactive ketones (excluding diaryl/α,β-unsaturated/α-hetero) is 1. The van der Waals surface area contributed by atoms with Gasteiger partial charge in [-0.1, -0.05) is 20.8 Å². The Morgan fingerprint density at radius 3 is 1.40 bits per heavy atom. The normalized spacial score (nSPS) is 13.4. The summed E-state index contributed by atoms with van der Waals surface area (Å²) >= 11 is 0. The van der Waals surface area contributed by atoms with Crippen LogP contribution in [0.4, 0.5) is 26.3 Å². The molecule has 0 N–H and O–H groups in total. The molecular weight excluding hydrogens is 286 g/mol. The molecule has 0 aliphatic rings. The van der Waals surface area contributed by atoms with Crippen LogP contribution in [0.3, 0.4) is 0 Å². The van der Waals surface area contributed by atoms with Gasteiger partial charge in [-0.2, -0.15) is 26.3 Å². The van der Waals surface area contributed by atoms with E-state index in [-0.39, 0.29) is 6.07 Å². The molecule has 0 atom stereocenters. The Labute approximate surface area is 111 Å². The lowest BCUT2D eigenvalue weighted by Crippen LogP contribution is -2.22. The van der Waals surface area contributed by atoms with Crippen LogP contribution in [0, 0.1) is 5.41 Å². The maximum atomic E-state index is 12.6. The van der Waals surface area contributed by atoms with Crippen molar-refractivity contribution in [3.05, 3.63) is 34.9 Å². The van der Waals surface area contributed by atoms with Gasteiger partial charge >= 0.3 is 12.4 Å². The Morgan fingerprint density at radius 2 is 1.15 bits per heavy atom. The van der Waals surface area contributed by atoms with Gasteiger partial charge in [-0.3, -0.25) is 4.79 Å². The summed E-state index contributed by atoms with van der Waals surface area (Å²) in [5.74, 6) is -0.783. The number of hydrogen-bond acceptors (Lipinski definition) is 1. The molecule has 0 radical (unpaired) electrons. The highest BCUT2D eigenvalue weighted by Crippen LogP contribution is 2.37. The molecule has 0 bridgehead atoms. The van der Waals surface area contributed by atoms with Crippen molar-refractivity contribution in [2.24, 2.45) is 5.41 Å². The van der Waals surface area contributed by atoms with E-state index in [4.69, 9.17) is 0 Å². The van der Waals surface area contributed by atoms with Crippen LogP contribution < -0.4 is 0 Å². The molecule has 1 nitrogen and oxygen atoms in total. The molecule has 112 valence electrons. The van der Waals surface area contributed by atoms with Crippen molar-refractivity contribution in [2.45, 2.75) is 33.1 Å². The highest BCUT2D eigenvalue weighted by atomic mass is 19.4. The number of carbonyl (C=O) groups is 1. The summed E-state index contributed by atoms with van der Waals surface area (Å²) < 4.78 is 75.7. The first-order chi connectivity index (χ1) is 8.73. The summed E-state index contributed by atoms with van der Waals surface area (Å²) in [6, 6.07) is 0.894. The van der Waals surface area contributed by atoms with Gasteiger partial charge in [-0.25, -0.2) is 0 Å². The van der Waals surface area contributed by atoms with Crippen molar-refractivity contribution in [1.29, 1.82) is 0 Å². The number of ketones is 1. The quantitative estimate of drug-likeness (QED) is 0.529. The molecule has 0 aliphatic carbocycles. The third-order valence-corrected chi connectivity index (χ3v) is 2.53. The van der Waals surface area contributed by atoms with E-state index >= 15 is 0 Å². The van der Waals surface area contributed by atoms with Crippen LogP contribution in [-0.2, 0) is 12.4 Å². The lowest BCUT2D eigenvalue weighted by atomic mass is 9.85. The van der Waals surface area contributed by atoms with E-state index in [0.717, 1.165) is 0 Å². The second-order valence-electron chi connectivity index (χ2n) is 5.37. The minimum Gasteiger partial charge on any atom is -0.294 e. The number of benzene rings is 1. The van der Waals surface area contributed by atoms with Crippen LogP contribution in [0.25, 0.3) is 0 Å². The molecule has 0 heterocycles. The van der Waals surface area contributed by atoms with Gasteiger partial charge < -0.3 is 0 Å². The summed E-state index contributed by atoms with van der Waals surface area (Å²) in [5, 5.41) is 0.